The molecule has 0 aliphatic carbocycles. The number of halogens is 3. The van der Waals surface area contributed by atoms with Crippen molar-refractivity contribution < 1.29 is 18.4 Å². The zero-order valence-electron chi connectivity index (χ0n) is 16.0. The number of hydrogen-bond acceptors (Lipinski definition) is 3. The third kappa shape index (κ3) is 2.95. The van der Waals surface area contributed by atoms with Crippen molar-refractivity contribution in [2.45, 2.75) is 11.4 Å². The van der Waals surface area contributed by atoms with Gasteiger partial charge in [-0.1, -0.05) is 35.9 Å². The zero-order chi connectivity index (χ0) is 21.8. The Morgan fingerprint density at radius 3 is 2.45 bits per heavy atom. The summed E-state index contributed by atoms with van der Waals surface area (Å²) in [5.41, 5.74) is 1.84. The normalized spacial score (nSPS) is 20.1. The summed E-state index contributed by atoms with van der Waals surface area (Å²) < 4.78 is 28.0. The van der Waals surface area contributed by atoms with Gasteiger partial charge in [0.25, 0.3) is 5.91 Å². The number of hydrogen-bond donors (Lipinski definition) is 0. The van der Waals surface area contributed by atoms with Crippen molar-refractivity contribution in [1.29, 1.82) is 0 Å². The van der Waals surface area contributed by atoms with Crippen LogP contribution in [-0.2, 0) is 21.0 Å². The van der Waals surface area contributed by atoms with E-state index in [4.69, 9.17) is 11.6 Å². The first-order chi connectivity index (χ1) is 14.9. The Kier molecular flexibility index (Phi) is 4.75. The molecule has 2 aliphatic rings. The number of benzene rings is 3. The lowest BCUT2D eigenvalue weighted by Crippen LogP contribution is -2.49. The van der Waals surface area contributed by atoms with Crippen LogP contribution in [0.4, 0.5) is 20.2 Å². The Balaban J connectivity index is 1.65. The van der Waals surface area contributed by atoms with E-state index in [9.17, 15) is 18.4 Å². The third-order valence-corrected chi connectivity index (χ3v) is 7.27. The number of fused-ring (bicyclic) bond motifs is 2. The van der Waals surface area contributed by atoms with Crippen molar-refractivity contribution in [3.63, 3.8) is 0 Å². The maximum absolute atomic E-state index is 14.5. The molecule has 0 unspecified atom stereocenters. The lowest BCUT2D eigenvalue weighted by Gasteiger charge is -2.33. The minimum Gasteiger partial charge on any atom is -0.304 e. The Labute approximate surface area is 186 Å². The molecule has 4 nitrogen and oxygen atoms in total. The van der Waals surface area contributed by atoms with Gasteiger partial charge in [-0.05, 0) is 42.5 Å². The van der Waals surface area contributed by atoms with E-state index in [0.29, 0.717) is 16.9 Å². The van der Waals surface area contributed by atoms with Gasteiger partial charge in [0.2, 0.25) is 10.8 Å². The molecule has 3 aromatic carbocycles. The van der Waals surface area contributed by atoms with E-state index < -0.39 is 16.5 Å². The highest BCUT2D eigenvalue weighted by molar-refractivity contribution is 8.02. The van der Waals surface area contributed by atoms with Gasteiger partial charge in [-0.2, -0.15) is 0 Å². The SMILES string of the molecule is O=C1CS[C@@]2(C(=O)N(Cc3c(F)cccc3Cl)c3ccccc32)N1c1ccc(F)cc1. The van der Waals surface area contributed by atoms with E-state index in [1.54, 1.807) is 30.3 Å². The number of rotatable bonds is 3. The van der Waals surface area contributed by atoms with Gasteiger partial charge in [0.05, 0.1) is 18.0 Å². The lowest BCUT2D eigenvalue weighted by molar-refractivity contribution is -0.123. The average Bonchev–Trinajstić information content (AvgIpc) is 3.22. The van der Waals surface area contributed by atoms with Gasteiger partial charge in [-0.15, -0.1) is 11.8 Å². The molecule has 1 spiro atoms. The molecule has 1 atom stereocenters. The monoisotopic (exact) mass is 456 g/mol. The highest BCUT2D eigenvalue weighted by Gasteiger charge is 2.61. The summed E-state index contributed by atoms with van der Waals surface area (Å²) in [6, 6.07) is 17.0. The first-order valence-electron chi connectivity index (χ1n) is 9.50. The smallest absolute Gasteiger partial charge is 0.269 e. The summed E-state index contributed by atoms with van der Waals surface area (Å²) in [6.07, 6.45) is 0. The number of anilines is 2. The largest absolute Gasteiger partial charge is 0.304 e. The van der Waals surface area contributed by atoms with Crippen LogP contribution in [0.5, 0.6) is 0 Å². The van der Waals surface area contributed by atoms with E-state index in [1.165, 1.54) is 58.0 Å². The van der Waals surface area contributed by atoms with Crippen molar-refractivity contribution in [3.05, 3.63) is 94.5 Å². The van der Waals surface area contributed by atoms with Crippen LogP contribution in [0.2, 0.25) is 5.02 Å². The van der Waals surface area contributed by atoms with E-state index >= 15 is 0 Å². The molecular formula is C23H15ClF2N2O2S. The van der Waals surface area contributed by atoms with Gasteiger partial charge in [0.1, 0.15) is 11.6 Å². The van der Waals surface area contributed by atoms with Crippen molar-refractivity contribution in [2.24, 2.45) is 0 Å². The molecule has 156 valence electrons. The second-order valence-corrected chi connectivity index (χ2v) is 8.82. The van der Waals surface area contributed by atoms with E-state index in [-0.39, 0.29) is 34.7 Å². The topological polar surface area (TPSA) is 40.6 Å². The second kappa shape index (κ2) is 7.35. The fourth-order valence-electron chi connectivity index (χ4n) is 4.14. The molecule has 31 heavy (non-hydrogen) atoms. The van der Waals surface area contributed by atoms with Crippen LogP contribution in [0.1, 0.15) is 11.1 Å². The van der Waals surface area contributed by atoms with Gasteiger partial charge in [0, 0.05) is 21.8 Å². The Morgan fingerprint density at radius 1 is 0.968 bits per heavy atom. The standard InChI is InChI=1S/C23H15ClF2N2O2S/c24-18-5-3-6-19(26)16(18)12-27-20-7-2-1-4-17(20)23(22(27)30)28(21(29)13-31-23)15-10-8-14(25)9-11-15/h1-11H,12-13H2/t23-/m0/s1. The third-order valence-electron chi connectivity index (χ3n) is 5.53. The maximum Gasteiger partial charge on any atom is 0.269 e. The molecule has 2 amide bonds. The summed E-state index contributed by atoms with van der Waals surface area (Å²) in [6.45, 7) is -0.0743. The van der Waals surface area contributed by atoms with Crippen LogP contribution in [0.25, 0.3) is 0 Å². The maximum atomic E-state index is 14.5. The molecule has 8 heteroatoms. The minimum absolute atomic E-state index is 0.0743. The van der Waals surface area contributed by atoms with E-state index in [2.05, 4.69) is 0 Å². The average molecular weight is 457 g/mol. The lowest BCUT2D eigenvalue weighted by atomic mass is 10.0. The van der Waals surface area contributed by atoms with E-state index in [1.807, 2.05) is 0 Å². The summed E-state index contributed by atoms with van der Waals surface area (Å²) in [5.74, 6) is -1.49. The van der Waals surface area contributed by atoms with Gasteiger partial charge in [-0.3, -0.25) is 14.5 Å². The van der Waals surface area contributed by atoms with Crippen molar-refractivity contribution in [3.8, 4) is 0 Å². The number of para-hydroxylation sites is 1. The number of thioether (sulfide) groups is 1. The summed E-state index contributed by atoms with van der Waals surface area (Å²) in [5, 5.41) is 0.219. The first kappa shape index (κ1) is 20.0. The number of nitrogens with zero attached hydrogens (tertiary/aromatic N) is 2. The Bertz CT molecular complexity index is 1200. The Hall–Kier alpha value is -2.90. The zero-order valence-corrected chi connectivity index (χ0v) is 17.6. The summed E-state index contributed by atoms with van der Waals surface area (Å²) in [7, 11) is 0. The summed E-state index contributed by atoms with van der Waals surface area (Å²) in [4.78, 5) is 28.3. The van der Waals surface area contributed by atoms with Gasteiger partial charge in [0.15, 0.2) is 0 Å². The van der Waals surface area contributed by atoms with Gasteiger partial charge >= 0.3 is 0 Å². The second-order valence-electron chi connectivity index (χ2n) is 7.25. The fourth-order valence-corrected chi connectivity index (χ4v) is 5.73. The van der Waals surface area contributed by atoms with Crippen LogP contribution >= 0.6 is 23.4 Å². The van der Waals surface area contributed by atoms with Crippen LogP contribution in [0, 0.1) is 11.6 Å². The van der Waals surface area contributed by atoms with Crippen molar-refractivity contribution in [1.82, 2.24) is 0 Å². The number of carbonyl (C=O) groups is 2. The molecule has 5 rings (SSSR count). The van der Waals surface area contributed by atoms with Crippen molar-refractivity contribution in [2.75, 3.05) is 15.6 Å². The molecule has 1 fully saturated rings. The van der Waals surface area contributed by atoms with Crippen molar-refractivity contribution >= 4 is 46.6 Å². The molecule has 0 bridgehead atoms. The van der Waals surface area contributed by atoms with Crippen LogP contribution in [-0.4, -0.2) is 17.6 Å². The quantitative estimate of drug-likeness (QED) is 0.550. The number of carbonyl (C=O) groups excluding carboxylic acids is 2. The first-order valence-corrected chi connectivity index (χ1v) is 10.9. The molecule has 0 aromatic heterocycles. The van der Waals surface area contributed by atoms with Crippen LogP contribution < -0.4 is 9.80 Å². The van der Waals surface area contributed by atoms with E-state index in [0.717, 1.165) is 0 Å². The van der Waals surface area contributed by atoms with Gasteiger partial charge < -0.3 is 4.90 Å². The Morgan fingerprint density at radius 2 is 1.71 bits per heavy atom. The molecule has 3 aromatic rings. The molecule has 0 N–H and O–H groups in total. The molecule has 0 saturated carbocycles. The predicted molar refractivity (Wildman–Crippen MR) is 117 cm³/mol. The molecule has 2 heterocycles. The number of amides is 2. The molecule has 1 saturated heterocycles. The molecule has 2 aliphatic heterocycles. The summed E-state index contributed by atoms with van der Waals surface area (Å²) >= 11 is 7.42. The highest BCUT2D eigenvalue weighted by Crippen LogP contribution is 2.56. The molecule has 0 radical (unpaired) electrons. The molecular weight excluding hydrogens is 442 g/mol. The van der Waals surface area contributed by atoms with Crippen LogP contribution in [0.3, 0.4) is 0 Å². The fraction of sp³-hybridized carbons (Fsp3) is 0.130. The predicted octanol–water partition coefficient (Wildman–Crippen LogP) is 5.10. The van der Waals surface area contributed by atoms with Crippen LogP contribution in [0.15, 0.2) is 66.7 Å². The minimum atomic E-state index is -1.34. The highest BCUT2D eigenvalue weighted by atomic mass is 35.5. The van der Waals surface area contributed by atoms with Gasteiger partial charge in [-0.25, -0.2) is 8.78 Å².